The van der Waals surface area contributed by atoms with E-state index < -0.39 is 5.91 Å². The van der Waals surface area contributed by atoms with Gasteiger partial charge in [0, 0.05) is 55.4 Å². The molecule has 0 saturated carbocycles. The maximum atomic E-state index is 13.7. The Morgan fingerprint density at radius 3 is 2.40 bits per heavy atom. The van der Waals surface area contributed by atoms with E-state index in [0.717, 1.165) is 11.3 Å². The van der Waals surface area contributed by atoms with Crippen molar-refractivity contribution in [2.45, 2.75) is 27.2 Å². The number of carbonyl (C=O) groups is 3. The standard InChI is InChI=1S/C27H33N7O6S2/c1-6-40-27(37)33-9-7-32(8-10-33)26-29-18-13-21(39-5)20(38-4)12-17(18)22(31-26)30-23(36)19-14-42-25(28)34(19)24(41)15(2)11-16(3)35/h12-15,28H,6-11H2,1-5H3,(H,29,30,31,36). The monoisotopic (exact) mass is 615 g/mol. The van der Waals surface area contributed by atoms with Gasteiger partial charge in [0.2, 0.25) is 5.95 Å². The maximum Gasteiger partial charge on any atom is 0.409 e. The Hall–Kier alpha value is -4.11. The van der Waals surface area contributed by atoms with Gasteiger partial charge in [-0.2, -0.15) is 4.98 Å². The van der Waals surface area contributed by atoms with Gasteiger partial charge in [0.15, 0.2) is 16.3 Å². The van der Waals surface area contributed by atoms with Crippen molar-refractivity contribution in [3.8, 4) is 11.5 Å². The molecule has 1 unspecified atom stereocenters. The van der Waals surface area contributed by atoms with E-state index in [2.05, 4.69) is 5.32 Å². The Kier molecular flexibility index (Phi) is 9.73. The highest BCUT2D eigenvalue weighted by atomic mass is 32.1. The minimum absolute atomic E-state index is 0.0364. The third kappa shape index (κ3) is 6.51. The Balaban J connectivity index is 1.71. The van der Waals surface area contributed by atoms with E-state index in [1.807, 2.05) is 4.90 Å². The number of carbonyl (C=O) groups excluding carboxylic acids is 3. The third-order valence-corrected chi connectivity index (χ3v) is 8.04. The number of thiocarbonyl (C=S) groups is 1. The predicted molar refractivity (Wildman–Crippen MR) is 162 cm³/mol. The lowest BCUT2D eigenvalue weighted by Crippen LogP contribution is -2.49. The first-order chi connectivity index (χ1) is 20.1. The summed E-state index contributed by atoms with van der Waals surface area (Å²) in [6.07, 6.45) is -0.164. The molecule has 0 aliphatic carbocycles. The number of anilines is 2. The van der Waals surface area contributed by atoms with E-state index in [1.54, 1.807) is 36.3 Å². The molecule has 2 amide bonds. The number of ether oxygens (including phenoxy) is 3. The topological polar surface area (TPSA) is 152 Å². The molecule has 3 heterocycles. The second-order valence-corrected chi connectivity index (χ2v) is 10.9. The molecule has 2 aromatic heterocycles. The van der Waals surface area contributed by atoms with Gasteiger partial charge in [-0.3, -0.25) is 14.8 Å². The minimum Gasteiger partial charge on any atom is -0.493 e. The smallest absolute Gasteiger partial charge is 0.409 e. The number of rotatable bonds is 9. The molecule has 1 atom stereocenters. The lowest BCUT2D eigenvalue weighted by atomic mass is 10.1. The van der Waals surface area contributed by atoms with E-state index >= 15 is 0 Å². The molecule has 0 radical (unpaired) electrons. The summed E-state index contributed by atoms with van der Waals surface area (Å²) in [5.41, 5.74) is 0.660. The fraction of sp³-hybridized carbons (Fsp3) is 0.444. The van der Waals surface area contributed by atoms with Gasteiger partial charge < -0.3 is 34.1 Å². The van der Waals surface area contributed by atoms with Gasteiger partial charge in [0.05, 0.1) is 31.3 Å². The van der Waals surface area contributed by atoms with E-state index in [9.17, 15) is 14.4 Å². The molecular formula is C27H33N7O6S2. The Labute approximate surface area is 251 Å². The molecule has 1 aliphatic rings. The second-order valence-electron chi connectivity index (χ2n) is 9.63. The number of thiazole rings is 1. The van der Waals surface area contributed by atoms with Crippen LogP contribution >= 0.6 is 23.6 Å². The Bertz CT molecular complexity index is 1580. The number of methoxy groups -OCH3 is 2. The van der Waals surface area contributed by atoms with Crippen LogP contribution in [0.2, 0.25) is 0 Å². The predicted octanol–water partition coefficient (Wildman–Crippen LogP) is 3.31. The van der Waals surface area contributed by atoms with Crippen molar-refractivity contribution in [3.63, 3.8) is 0 Å². The lowest BCUT2D eigenvalue weighted by molar-refractivity contribution is -0.117. The third-order valence-electron chi connectivity index (χ3n) is 6.70. The Morgan fingerprint density at radius 2 is 1.79 bits per heavy atom. The number of nitrogens with zero attached hydrogens (tertiary/aromatic N) is 5. The molecule has 0 spiro atoms. The van der Waals surface area contributed by atoms with Crippen LogP contribution in [-0.2, 0) is 9.53 Å². The van der Waals surface area contributed by atoms with Crippen LogP contribution in [0.3, 0.4) is 0 Å². The number of piperazine rings is 1. The molecule has 1 aliphatic heterocycles. The van der Waals surface area contributed by atoms with Crippen LogP contribution in [0.15, 0.2) is 17.5 Å². The molecule has 1 saturated heterocycles. The Morgan fingerprint density at radius 1 is 1.12 bits per heavy atom. The van der Waals surface area contributed by atoms with Crippen molar-refractivity contribution >= 4 is 69.0 Å². The summed E-state index contributed by atoms with van der Waals surface area (Å²) in [7, 11) is 3.03. The number of amides is 2. The first kappa shape index (κ1) is 30.8. The number of hydrogen-bond acceptors (Lipinski definition) is 12. The van der Waals surface area contributed by atoms with Crippen LogP contribution in [0, 0.1) is 11.3 Å². The molecule has 13 nitrogen and oxygen atoms in total. The van der Waals surface area contributed by atoms with Gasteiger partial charge >= 0.3 is 6.09 Å². The summed E-state index contributed by atoms with van der Waals surface area (Å²) in [6, 6.07) is 3.39. The number of nitrogens with one attached hydrogen (secondary N) is 2. The first-order valence-electron chi connectivity index (χ1n) is 13.3. The van der Waals surface area contributed by atoms with Crippen LogP contribution in [0.4, 0.5) is 16.6 Å². The summed E-state index contributed by atoms with van der Waals surface area (Å²) in [5.74, 6) is 0.556. The molecular weight excluding hydrogens is 582 g/mol. The zero-order chi connectivity index (χ0) is 30.6. The molecule has 15 heteroatoms. The molecule has 0 bridgehead atoms. The largest absolute Gasteiger partial charge is 0.493 e. The zero-order valence-electron chi connectivity index (χ0n) is 24.1. The van der Waals surface area contributed by atoms with E-state index in [4.69, 9.17) is 41.8 Å². The minimum atomic E-state index is -0.532. The fourth-order valence-corrected chi connectivity index (χ4v) is 5.66. The van der Waals surface area contributed by atoms with E-state index in [1.165, 1.54) is 25.7 Å². The number of hydrogen-bond donors (Lipinski definition) is 2. The van der Waals surface area contributed by atoms with Crippen LogP contribution in [0.1, 0.15) is 37.7 Å². The average molecular weight is 616 g/mol. The molecule has 3 aromatic rings. The molecule has 1 fully saturated rings. The number of benzene rings is 1. The quantitative estimate of drug-likeness (QED) is 0.343. The second kappa shape index (κ2) is 13.2. The van der Waals surface area contributed by atoms with Crippen molar-refractivity contribution in [1.29, 1.82) is 5.41 Å². The molecule has 224 valence electrons. The number of fused-ring (bicyclic) bond motifs is 1. The average Bonchev–Trinajstić information content (AvgIpc) is 3.36. The van der Waals surface area contributed by atoms with E-state index in [-0.39, 0.29) is 40.5 Å². The summed E-state index contributed by atoms with van der Waals surface area (Å²) in [6.45, 7) is 7.09. The van der Waals surface area contributed by atoms with Crippen LogP contribution in [-0.4, -0.2) is 89.2 Å². The van der Waals surface area contributed by atoms with Crippen molar-refractivity contribution in [2.75, 3.05) is 57.2 Å². The van der Waals surface area contributed by atoms with Gasteiger partial charge in [0.25, 0.3) is 5.91 Å². The SMILES string of the molecule is CCOC(=O)N1CCN(c2nc(NC(=O)c3csc(=N)n3C(=S)C(C)CC(C)=O)c3cc(OC)c(OC)cc3n2)CC1. The highest BCUT2D eigenvalue weighted by molar-refractivity contribution is 7.80. The number of aromatic nitrogens is 3. The van der Waals surface area contributed by atoms with Crippen LogP contribution in [0.5, 0.6) is 11.5 Å². The highest BCUT2D eigenvalue weighted by Gasteiger charge is 2.26. The number of Topliss-reactive ketones (excluding diaryl/α,β-unsaturated/α-hetero) is 1. The van der Waals surface area contributed by atoms with Crippen molar-refractivity contribution < 1.29 is 28.6 Å². The fourth-order valence-electron chi connectivity index (χ4n) is 4.59. The summed E-state index contributed by atoms with van der Waals surface area (Å²) < 4.78 is 17.4. The summed E-state index contributed by atoms with van der Waals surface area (Å²) in [5, 5.41) is 13.3. The summed E-state index contributed by atoms with van der Waals surface area (Å²) in [4.78, 5) is 50.9. The van der Waals surface area contributed by atoms with Crippen molar-refractivity contribution in [2.24, 2.45) is 5.92 Å². The first-order valence-corrected chi connectivity index (χ1v) is 14.6. The molecule has 42 heavy (non-hydrogen) atoms. The molecule has 4 rings (SSSR count). The summed E-state index contributed by atoms with van der Waals surface area (Å²) >= 11 is 6.64. The maximum absolute atomic E-state index is 13.7. The van der Waals surface area contributed by atoms with Gasteiger partial charge in [0.1, 0.15) is 17.3 Å². The van der Waals surface area contributed by atoms with Crippen LogP contribution < -0.4 is 24.5 Å². The highest BCUT2D eigenvalue weighted by Crippen LogP contribution is 2.35. The zero-order valence-corrected chi connectivity index (χ0v) is 25.7. The van der Waals surface area contributed by atoms with Gasteiger partial charge in [-0.1, -0.05) is 19.1 Å². The van der Waals surface area contributed by atoms with Crippen LogP contribution in [0.25, 0.3) is 10.9 Å². The van der Waals surface area contributed by atoms with Gasteiger partial charge in [-0.05, 0) is 19.9 Å². The molecule has 1 aromatic carbocycles. The number of ketones is 1. The molecule has 2 N–H and O–H groups in total. The normalized spacial score (nSPS) is 13.9. The van der Waals surface area contributed by atoms with Crippen molar-refractivity contribution in [3.05, 3.63) is 28.0 Å². The van der Waals surface area contributed by atoms with Gasteiger partial charge in [-0.25, -0.2) is 9.78 Å². The van der Waals surface area contributed by atoms with Gasteiger partial charge in [-0.15, -0.1) is 11.3 Å². The lowest BCUT2D eigenvalue weighted by Gasteiger charge is -2.34. The van der Waals surface area contributed by atoms with E-state index in [0.29, 0.717) is 66.1 Å². The van der Waals surface area contributed by atoms with Crippen molar-refractivity contribution in [1.82, 2.24) is 19.4 Å².